The lowest BCUT2D eigenvalue weighted by Gasteiger charge is -2.35. The number of ether oxygens (including phenoxy) is 4. The summed E-state index contributed by atoms with van der Waals surface area (Å²) in [6.45, 7) is 12.8. The molecule has 1 N–H and O–H groups in total. The number of benzene rings is 2. The van der Waals surface area contributed by atoms with Crippen molar-refractivity contribution in [3.63, 3.8) is 0 Å². The molecule has 2 aliphatic rings. The molecule has 5 rings (SSSR count). The largest absolute Gasteiger partial charge is 0.497 e. The van der Waals surface area contributed by atoms with Gasteiger partial charge in [-0.2, -0.15) is 4.98 Å². The third-order valence-electron chi connectivity index (χ3n) is 9.22. The number of hydrogen-bond donors (Lipinski definition) is 1. The Morgan fingerprint density at radius 2 is 1.69 bits per heavy atom. The fourth-order valence-electron chi connectivity index (χ4n) is 6.53. The van der Waals surface area contributed by atoms with Gasteiger partial charge >= 0.3 is 6.09 Å². The summed E-state index contributed by atoms with van der Waals surface area (Å²) in [5.41, 5.74) is 0.865. The average molecular weight is 665 g/mol. The number of carbonyl (C=O) groups is 1. The number of anilines is 4. The summed E-state index contributed by atoms with van der Waals surface area (Å²) >= 11 is 0. The second kappa shape index (κ2) is 16.8. The van der Waals surface area contributed by atoms with Crippen molar-refractivity contribution in [2.45, 2.75) is 52.6 Å². The van der Waals surface area contributed by atoms with Crippen molar-refractivity contribution < 1.29 is 28.1 Å². The Bertz CT molecular complexity index is 1490. The highest BCUT2D eigenvalue weighted by Gasteiger charge is 2.34. The van der Waals surface area contributed by atoms with Gasteiger partial charge in [0.2, 0.25) is 5.95 Å². The molecule has 1 saturated carbocycles. The van der Waals surface area contributed by atoms with Crippen molar-refractivity contribution in [3.05, 3.63) is 54.5 Å². The van der Waals surface area contributed by atoms with Crippen LogP contribution in [-0.4, -0.2) is 92.1 Å². The predicted octanol–water partition coefficient (Wildman–Crippen LogP) is 6.88. The molecule has 2 fully saturated rings. The van der Waals surface area contributed by atoms with Crippen LogP contribution in [-0.2, 0) is 4.74 Å². The molecule has 1 amide bonds. The minimum atomic E-state index is -0.580. The summed E-state index contributed by atoms with van der Waals surface area (Å²) in [4.78, 5) is 29.1. The summed E-state index contributed by atoms with van der Waals surface area (Å²) in [5.74, 6) is 1.55. The first kappa shape index (κ1) is 35.2. The van der Waals surface area contributed by atoms with Crippen LogP contribution in [0.15, 0.2) is 48.7 Å². The molecule has 0 spiro atoms. The van der Waals surface area contributed by atoms with Crippen LogP contribution < -0.4 is 24.4 Å². The zero-order valence-corrected chi connectivity index (χ0v) is 28.8. The van der Waals surface area contributed by atoms with E-state index < -0.39 is 11.9 Å². The molecule has 1 aliphatic heterocycles. The maximum atomic E-state index is 15.1. The molecule has 260 valence electrons. The maximum absolute atomic E-state index is 15.1. The standard InChI is InChI=1S/C36H49FN6O5/c1-6-16-41-17-19-42(20-18-41)21-22-47-31-13-10-27(23-29(31)37)39-35-38-15-14-33(40-35)43(30-12-11-28(45-4)24-32(30)46-5)36(44)48-34-25(2)8-7-9-26(34)3/h10-15,23-26,34H,6-9,16-22H2,1-5H3,(H,38,39,40). The van der Waals surface area contributed by atoms with Gasteiger partial charge in [0.25, 0.3) is 0 Å². The van der Waals surface area contributed by atoms with Gasteiger partial charge in [0, 0.05) is 62.8 Å². The Kier molecular flexibility index (Phi) is 12.3. The van der Waals surface area contributed by atoms with E-state index in [4.69, 9.17) is 18.9 Å². The first-order chi connectivity index (χ1) is 23.3. The van der Waals surface area contributed by atoms with Gasteiger partial charge < -0.3 is 29.2 Å². The molecule has 2 aromatic carbocycles. The summed E-state index contributed by atoms with van der Waals surface area (Å²) in [6, 6.07) is 11.4. The number of amides is 1. The molecular weight excluding hydrogens is 615 g/mol. The van der Waals surface area contributed by atoms with Crippen LogP contribution in [0.25, 0.3) is 0 Å². The monoisotopic (exact) mass is 664 g/mol. The Balaban J connectivity index is 1.30. The van der Waals surface area contributed by atoms with E-state index in [1.54, 1.807) is 43.5 Å². The van der Waals surface area contributed by atoms with Crippen LogP contribution in [0, 0.1) is 17.7 Å². The van der Waals surface area contributed by atoms with Gasteiger partial charge in [-0.15, -0.1) is 0 Å². The van der Waals surface area contributed by atoms with Crippen molar-refractivity contribution in [1.82, 2.24) is 19.8 Å². The van der Waals surface area contributed by atoms with Gasteiger partial charge in [0.15, 0.2) is 11.6 Å². The number of methoxy groups -OCH3 is 2. The normalized spacial score (nSPS) is 20.2. The first-order valence-electron chi connectivity index (χ1n) is 17.0. The lowest BCUT2D eigenvalue weighted by atomic mass is 9.81. The van der Waals surface area contributed by atoms with E-state index >= 15 is 4.39 Å². The van der Waals surface area contributed by atoms with Crippen molar-refractivity contribution in [3.8, 4) is 17.2 Å². The molecule has 1 aromatic heterocycles. The molecule has 2 unspecified atom stereocenters. The molecule has 2 heterocycles. The van der Waals surface area contributed by atoms with Crippen LogP contribution in [0.2, 0.25) is 0 Å². The summed E-state index contributed by atoms with van der Waals surface area (Å²) in [6.07, 6.45) is 4.97. The van der Waals surface area contributed by atoms with E-state index in [0.29, 0.717) is 29.5 Å². The lowest BCUT2D eigenvalue weighted by molar-refractivity contribution is 0.0144. The zero-order chi connectivity index (χ0) is 34.0. The third-order valence-corrected chi connectivity index (χ3v) is 9.22. The van der Waals surface area contributed by atoms with E-state index in [9.17, 15) is 4.79 Å². The maximum Gasteiger partial charge on any atom is 0.420 e. The van der Waals surface area contributed by atoms with Crippen LogP contribution in [0.1, 0.15) is 46.5 Å². The van der Waals surface area contributed by atoms with Crippen molar-refractivity contribution in [2.24, 2.45) is 11.8 Å². The van der Waals surface area contributed by atoms with E-state index in [1.165, 1.54) is 24.3 Å². The number of carbonyl (C=O) groups excluding carboxylic acids is 1. The first-order valence-corrected chi connectivity index (χ1v) is 17.0. The SMILES string of the molecule is CCCN1CCN(CCOc2ccc(Nc3nccc(N(C(=O)OC4C(C)CCCC4C)c4ccc(OC)cc4OC)n3)cc2F)CC1. The van der Waals surface area contributed by atoms with E-state index in [0.717, 1.165) is 65.0 Å². The molecule has 1 aliphatic carbocycles. The van der Waals surface area contributed by atoms with Crippen LogP contribution in [0.5, 0.6) is 17.2 Å². The summed E-state index contributed by atoms with van der Waals surface area (Å²) in [5, 5.41) is 3.06. The molecular formula is C36H49FN6O5. The van der Waals surface area contributed by atoms with Gasteiger partial charge in [-0.3, -0.25) is 4.90 Å². The van der Waals surface area contributed by atoms with Gasteiger partial charge in [0.1, 0.15) is 30.0 Å². The molecule has 12 heteroatoms. The number of nitrogens with one attached hydrogen (secondary N) is 1. The van der Waals surface area contributed by atoms with Gasteiger partial charge in [-0.05, 0) is 61.9 Å². The Morgan fingerprint density at radius 1 is 0.958 bits per heavy atom. The van der Waals surface area contributed by atoms with Gasteiger partial charge in [-0.25, -0.2) is 19.1 Å². The van der Waals surface area contributed by atoms with Crippen molar-refractivity contribution >= 4 is 29.2 Å². The second-order valence-electron chi connectivity index (χ2n) is 12.6. The molecule has 48 heavy (non-hydrogen) atoms. The smallest absolute Gasteiger partial charge is 0.420 e. The minimum Gasteiger partial charge on any atom is -0.497 e. The fourth-order valence-corrected chi connectivity index (χ4v) is 6.53. The quantitative estimate of drug-likeness (QED) is 0.208. The Labute approximate surface area is 283 Å². The summed E-state index contributed by atoms with van der Waals surface area (Å²) in [7, 11) is 3.09. The highest BCUT2D eigenvalue weighted by atomic mass is 19.1. The van der Waals surface area contributed by atoms with E-state index in [1.807, 2.05) is 0 Å². The van der Waals surface area contributed by atoms with E-state index in [2.05, 4.69) is 45.9 Å². The zero-order valence-electron chi connectivity index (χ0n) is 28.8. The van der Waals surface area contributed by atoms with Crippen molar-refractivity contribution in [2.75, 3.05) is 70.3 Å². The highest BCUT2D eigenvalue weighted by molar-refractivity contribution is 5.97. The van der Waals surface area contributed by atoms with Crippen LogP contribution in [0.4, 0.5) is 32.3 Å². The fraction of sp³-hybridized carbons (Fsp3) is 0.528. The van der Waals surface area contributed by atoms with Crippen LogP contribution in [0.3, 0.4) is 0 Å². The lowest BCUT2D eigenvalue weighted by Crippen LogP contribution is -2.47. The summed E-state index contributed by atoms with van der Waals surface area (Å²) < 4.78 is 38.1. The number of rotatable bonds is 13. The third kappa shape index (κ3) is 8.84. The second-order valence-corrected chi connectivity index (χ2v) is 12.6. The highest BCUT2D eigenvalue weighted by Crippen LogP contribution is 2.38. The molecule has 0 radical (unpaired) electrons. The number of nitrogens with zero attached hydrogens (tertiary/aromatic N) is 5. The number of aromatic nitrogens is 2. The van der Waals surface area contributed by atoms with Gasteiger partial charge in [-0.1, -0.05) is 27.2 Å². The minimum absolute atomic E-state index is 0.174. The average Bonchev–Trinajstić information content (AvgIpc) is 3.09. The van der Waals surface area contributed by atoms with Gasteiger partial charge in [0.05, 0.1) is 19.9 Å². The number of hydrogen-bond acceptors (Lipinski definition) is 10. The topological polar surface area (TPSA) is 102 Å². The number of halogens is 1. The molecule has 1 saturated heterocycles. The molecule has 2 atom stereocenters. The van der Waals surface area contributed by atoms with Crippen LogP contribution >= 0.6 is 0 Å². The Hall–Kier alpha value is -4.16. The molecule has 11 nitrogen and oxygen atoms in total. The molecule has 3 aromatic rings. The number of piperazine rings is 1. The predicted molar refractivity (Wildman–Crippen MR) is 185 cm³/mol. The van der Waals surface area contributed by atoms with Crippen molar-refractivity contribution in [1.29, 1.82) is 0 Å². The molecule has 0 bridgehead atoms. The Morgan fingerprint density at radius 3 is 2.35 bits per heavy atom. The van der Waals surface area contributed by atoms with E-state index in [-0.39, 0.29) is 35.5 Å².